The number of para-hydroxylation sites is 4. The van der Waals surface area contributed by atoms with Crippen molar-refractivity contribution in [1.29, 1.82) is 0 Å². The molecule has 9 aromatic carbocycles. The van der Waals surface area contributed by atoms with E-state index in [0.29, 0.717) is 17.5 Å². The minimum atomic E-state index is -0.175. The monoisotopic (exact) mass is 1060 g/mol. The van der Waals surface area contributed by atoms with Crippen LogP contribution in [-0.2, 0) is 27.1 Å². The van der Waals surface area contributed by atoms with Crippen LogP contribution >= 0.6 is 0 Å². The van der Waals surface area contributed by atoms with Crippen molar-refractivity contribution in [3.63, 3.8) is 0 Å². The zero-order valence-electron chi connectivity index (χ0n) is 49.6. The second kappa shape index (κ2) is 18.3. The third-order valence-corrected chi connectivity index (χ3v) is 17.4. The Morgan fingerprint density at radius 2 is 0.691 bits per heavy atom. The molecule has 3 heterocycles. The SMILES string of the molecule is CC(C)(C)c1cc(-c2nc(-c3cc(C(C)(C)C)cc(C(C)(C)C)c3)nc(-c3ccc(-n4c5ccccc5c5ccccc54)c(-c4ccccc4-n4c5ccccc5c5cc6c(cc54)C(C)(C)c4ccccc4-6)c3)n2)cc(C(C)(C)C)c1. The van der Waals surface area contributed by atoms with E-state index in [2.05, 4.69) is 294 Å². The first-order valence-electron chi connectivity index (χ1n) is 28.9. The van der Waals surface area contributed by atoms with Crippen molar-refractivity contribution in [3.8, 4) is 67.8 Å². The second-order valence-electron chi connectivity index (χ2n) is 27.5. The van der Waals surface area contributed by atoms with Gasteiger partial charge in [0, 0.05) is 54.8 Å². The fraction of sp³-hybridized carbons (Fsp3) is 0.250. The van der Waals surface area contributed by atoms with Gasteiger partial charge in [-0.05, 0) is 145 Å². The lowest BCUT2D eigenvalue weighted by Gasteiger charge is -2.26. The first-order chi connectivity index (χ1) is 38.4. The molecule has 5 heteroatoms. The largest absolute Gasteiger partial charge is 0.309 e. The number of hydrogen-bond acceptors (Lipinski definition) is 3. The molecule has 0 amide bonds. The van der Waals surface area contributed by atoms with Gasteiger partial charge in [0.25, 0.3) is 0 Å². The summed E-state index contributed by atoms with van der Waals surface area (Å²) < 4.78 is 4.98. The van der Waals surface area contributed by atoms with Crippen molar-refractivity contribution in [2.45, 2.75) is 124 Å². The Balaban J connectivity index is 1.12. The van der Waals surface area contributed by atoms with Crippen molar-refractivity contribution in [2.75, 3.05) is 0 Å². The number of aromatic nitrogens is 5. The average Bonchev–Trinajstić information content (AvgIpc) is 4.10. The molecule has 0 aliphatic heterocycles. The second-order valence-corrected chi connectivity index (χ2v) is 27.5. The number of hydrogen-bond donors (Lipinski definition) is 0. The highest BCUT2D eigenvalue weighted by Crippen LogP contribution is 2.52. The van der Waals surface area contributed by atoms with E-state index in [4.69, 9.17) is 15.0 Å². The van der Waals surface area contributed by atoms with Gasteiger partial charge in [-0.2, -0.15) is 0 Å². The molecule has 0 saturated heterocycles. The zero-order valence-corrected chi connectivity index (χ0v) is 49.6. The van der Waals surface area contributed by atoms with E-state index >= 15 is 0 Å². The quantitative estimate of drug-likeness (QED) is 0.167. The Kier molecular flexibility index (Phi) is 11.8. The van der Waals surface area contributed by atoms with Crippen LogP contribution in [0.5, 0.6) is 0 Å². The normalized spacial score (nSPS) is 13.7. The molecule has 0 unspecified atom stereocenters. The molecule has 5 nitrogen and oxygen atoms in total. The molecule has 0 bridgehead atoms. The van der Waals surface area contributed by atoms with Gasteiger partial charge in [0.1, 0.15) is 0 Å². The van der Waals surface area contributed by atoms with Crippen LogP contribution in [0.15, 0.2) is 188 Å². The Labute approximate surface area is 478 Å². The summed E-state index contributed by atoms with van der Waals surface area (Å²) >= 11 is 0. The standard InChI is InChI=1S/C76H73N5/c1-72(2,3)49-37-47(38-50(42-49)73(4,5)6)70-77-69(78-71(79-70)48-39-51(74(7,8)9)43-52(40-48)75(10,11)12)46-35-36-67(80-63-31-21-16-26-54(63)55-27-17-22-32-64(55)80)59(41-46)56-28-18-23-33-65(56)81-66-34-24-19-29-57(66)60-44-58-53-25-15-20-30-61(53)76(13,14)62(58)45-68(60)81/h15-45H,1-14H3. The van der Waals surface area contributed by atoms with Gasteiger partial charge in [0.15, 0.2) is 17.5 Å². The number of nitrogens with zero attached hydrogens (tertiary/aromatic N) is 5. The van der Waals surface area contributed by atoms with Crippen LogP contribution in [-0.4, -0.2) is 24.1 Å². The topological polar surface area (TPSA) is 48.5 Å². The molecular weight excluding hydrogens is 983 g/mol. The third kappa shape index (κ3) is 8.70. The molecule has 402 valence electrons. The van der Waals surface area contributed by atoms with Crippen LogP contribution in [0.4, 0.5) is 0 Å². The fourth-order valence-electron chi connectivity index (χ4n) is 12.6. The first-order valence-corrected chi connectivity index (χ1v) is 28.9. The predicted molar refractivity (Wildman–Crippen MR) is 343 cm³/mol. The maximum absolute atomic E-state index is 5.60. The van der Waals surface area contributed by atoms with Gasteiger partial charge >= 0.3 is 0 Å². The van der Waals surface area contributed by atoms with Gasteiger partial charge in [-0.1, -0.05) is 206 Å². The Morgan fingerprint density at radius 1 is 0.296 bits per heavy atom. The average molecular weight is 1060 g/mol. The molecule has 0 saturated carbocycles. The minimum absolute atomic E-state index is 0.111. The first kappa shape index (κ1) is 52.0. The fourth-order valence-corrected chi connectivity index (χ4v) is 12.6. The number of rotatable bonds is 6. The summed E-state index contributed by atoms with van der Waals surface area (Å²) in [5, 5.41) is 4.89. The predicted octanol–water partition coefficient (Wildman–Crippen LogP) is 20.2. The van der Waals surface area contributed by atoms with Crippen LogP contribution < -0.4 is 0 Å². The van der Waals surface area contributed by atoms with Gasteiger partial charge < -0.3 is 9.13 Å². The molecular formula is C76H73N5. The Bertz CT molecular complexity index is 4320. The number of fused-ring (bicyclic) bond motifs is 9. The van der Waals surface area contributed by atoms with Gasteiger partial charge in [0.05, 0.1) is 33.4 Å². The van der Waals surface area contributed by atoms with E-state index in [9.17, 15) is 0 Å². The van der Waals surface area contributed by atoms with Gasteiger partial charge in [0.2, 0.25) is 0 Å². The molecule has 0 spiro atoms. The van der Waals surface area contributed by atoms with Gasteiger partial charge in [-0.15, -0.1) is 0 Å². The molecule has 81 heavy (non-hydrogen) atoms. The molecule has 13 rings (SSSR count). The van der Waals surface area contributed by atoms with E-state index < -0.39 is 0 Å². The number of benzene rings is 9. The summed E-state index contributed by atoms with van der Waals surface area (Å²) in [6, 6.07) is 70.3. The highest BCUT2D eigenvalue weighted by molar-refractivity contribution is 6.13. The van der Waals surface area contributed by atoms with E-state index in [1.807, 2.05) is 0 Å². The molecule has 0 radical (unpaired) electrons. The summed E-state index contributed by atoms with van der Waals surface area (Å²) in [4.78, 5) is 16.7. The summed E-state index contributed by atoms with van der Waals surface area (Å²) in [7, 11) is 0. The molecule has 1 aliphatic carbocycles. The van der Waals surface area contributed by atoms with Crippen molar-refractivity contribution < 1.29 is 0 Å². The van der Waals surface area contributed by atoms with Crippen LogP contribution in [0.25, 0.3) is 111 Å². The summed E-state index contributed by atoms with van der Waals surface area (Å²) in [5.41, 5.74) is 21.5. The van der Waals surface area contributed by atoms with Crippen LogP contribution in [0, 0.1) is 0 Å². The van der Waals surface area contributed by atoms with E-state index in [1.54, 1.807) is 0 Å². The van der Waals surface area contributed by atoms with Crippen molar-refractivity contribution in [2.24, 2.45) is 0 Å². The maximum Gasteiger partial charge on any atom is 0.164 e. The van der Waals surface area contributed by atoms with Gasteiger partial charge in [-0.3, -0.25) is 0 Å². The maximum atomic E-state index is 5.60. The lowest BCUT2D eigenvalue weighted by atomic mass is 9.79. The third-order valence-electron chi connectivity index (χ3n) is 17.4. The molecule has 0 N–H and O–H groups in total. The van der Waals surface area contributed by atoms with Gasteiger partial charge in [-0.25, -0.2) is 15.0 Å². The van der Waals surface area contributed by atoms with Crippen molar-refractivity contribution in [3.05, 3.63) is 221 Å². The van der Waals surface area contributed by atoms with Crippen molar-refractivity contribution >= 4 is 43.6 Å². The summed E-state index contributed by atoms with van der Waals surface area (Å²) in [6.07, 6.45) is 0. The lowest BCUT2D eigenvalue weighted by molar-refractivity contribution is 0.568. The van der Waals surface area contributed by atoms with Crippen molar-refractivity contribution in [1.82, 2.24) is 24.1 Å². The van der Waals surface area contributed by atoms with Crippen LogP contribution in [0.1, 0.15) is 130 Å². The van der Waals surface area contributed by atoms with Crippen LogP contribution in [0.3, 0.4) is 0 Å². The molecule has 0 fully saturated rings. The molecule has 3 aromatic heterocycles. The zero-order chi connectivity index (χ0) is 56.7. The highest BCUT2D eigenvalue weighted by Gasteiger charge is 2.36. The van der Waals surface area contributed by atoms with E-state index in [1.165, 1.54) is 71.6 Å². The van der Waals surface area contributed by atoms with Crippen LogP contribution in [0.2, 0.25) is 0 Å². The Hall–Kier alpha value is -8.41. The highest BCUT2D eigenvalue weighted by atomic mass is 15.0. The van der Waals surface area contributed by atoms with E-state index in [-0.39, 0.29) is 27.1 Å². The molecule has 1 aliphatic rings. The summed E-state index contributed by atoms with van der Waals surface area (Å²) in [6.45, 7) is 32.2. The Morgan fingerprint density at radius 3 is 1.19 bits per heavy atom. The lowest BCUT2D eigenvalue weighted by Crippen LogP contribution is -2.17. The summed E-state index contributed by atoms with van der Waals surface area (Å²) in [5.74, 6) is 1.93. The molecule has 12 aromatic rings. The smallest absolute Gasteiger partial charge is 0.164 e. The minimum Gasteiger partial charge on any atom is -0.309 e. The van der Waals surface area contributed by atoms with E-state index in [0.717, 1.165) is 55.7 Å². The molecule has 0 atom stereocenters.